The zero-order valence-corrected chi connectivity index (χ0v) is 10.4. The molecule has 1 N–H and O–H groups in total. The summed E-state index contributed by atoms with van der Waals surface area (Å²) in [6.45, 7) is 3.94. The van der Waals surface area contributed by atoms with Crippen LogP contribution in [0.25, 0.3) is 0 Å². The molecule has 1 aromatic rings. The van der Waals surface area contributed by atoms with Crippen LogP contribution in [0.1, 0.15) is 41.9 Å². The van der Waals surface area contributed by atoms with E-state index in [-0.39, 0.29) is 16.6 Å². The summed E-state index contributed by atoms with van der Waals surface area (Å²) < 4.78 is 7.00. The molecule has 6 heteroatoms. The van der Waals surface area contributed by atoms with E-state index in [1.54, 1.807) is 4.68 Å². The maximum Gasteiger partial charge on any atom is 0.357 e. The molecule has 0 atom stereocenters. The fourth-order valence-electron chi connectivity index (χ4n) is 2.19. The fraction of sp³-hybridized carbons (Fsp3) is 0.636. The van der Waals surface area contributed by atoms with Crippen LogP contribution in [-0.2, 0) is 11.3 Å². The number of aromatic nitrogens is 2. The highest BCUT2D eigenvalue weighted by atomic mass is 35.5. The van der Waals surface area contributed by atoms with Crippen LogP contribution >= 0.6 is 11.6 Å². The average Bonchev–Trinajstić information content (AvgIpc) is 2.67. The Bertz CT molecular complexity index is 425. The van der Waals surface area contributed by atoms with Crippen molar-refractivity contribution in [3.05, 3.63) is 16.4 Å². The predicted molar refractivity (Wildman–Crippen MR) is 62.7 cm³/mol. The Morgan fingerprint density at radius 1 is 1.59 bits per heavy atom. The second kappa shape index (κ2) is 5.06. The van der Waals surface area contributed by atoms with Crippen molar-refractivity contribution >= 4 is 17.6 Å². The van der Waals surface area contributed by atoms with E-state index in [0.29, 0.717) is 19.8 Å². The van der Waals surface area contributed by atoms with E-state index in [9.17, 15) is 4.79 Å². The first kappa shape index (κ1) is 12.4. The molecule has 94 valence electrons. The molecule has 1 aliphatic rings. The summed E-state index contributed by atoms with van der Waals surface area (Å²) in [4.78, 5) is 11.0. The fourth-order valence-corrected chi connectivity index (χ4v) is 2.56. The molecular weight excluding hydrogens is 244 g/mol. The van der Waals surface area contributed by atoms with Gasteiger partial charge < -0.3 is 9.84 Å². The van der Waals surface area contributed by atoms with Gasteiger partial charge in [0.25, 0.3) is 0 Å². The lowest BCUT2D eigenvalue weighted by Gasteiger charge is -2.23. The summed E-state index contributed by atoms with van der Waals surface area (Å²) in [5, 5.41) is 13.3. The minimum Gasteiger partial charge on any atom is -0.476 e. The second-order valence-electron chi connectivity index (χ2n) is 4.06. The van der Waals surface area contributed by atoms with Crippen molar-refractivity contribution in [2.24, 2.45) is 0 Å². The standard InChI is InChI=1S/C11H15ClN2O3/c1-2-14-10(7-3-5-17-6-4-7)8(12)9(13-14)11(15)16/h7H,2-6H2,1H3,(H,15,16). The van der Waals surface area contributed by atoms with Crippen LogP contribution in [0.2, 0.25) is 5.02 Å². The Kier molecular flexibility index (Phi) is 3.69. The summed E-state index contributed by atoms with van der Waals surface area (Å²) >= 11 is 6.13. The molecule has 0 radical (unpaired) electrons. The Labute approximate surface area is 104 Å². The number of aromatic carboxylic acids is 1. The summed E-state index contributed by atoms with van der Waals surface area (Å²) in [5.41, 5.74) is 0.796. The molecule has 0 saturated carbocycles. The summed E-state index contributed by atoms with van der Waals surface area (Å²) in [5.74, 6) is -0.827. The SMILES string of the molecule is CCn1nc(C(=O)O)c(Cl)c1C1CCOCC1. The normalized spacial score (nSPS) is 17.3. The minimum absolute atomic E-state index is 0.0463. The number of halogens is 1. The molecule has 5 nitrogen and oxygen atoms in total. The lowest BCUT2D eigenvalue weighted by Crippen LogP contribution is -2.17. The van der Waals surface area contributed by atoms with Crippen molar-refractivity contribution in [2.45, 2.75) is 32.2 Å². The van der Waals surface area contributed by atoms with E-state index in [2.05, 4.69) is 5.10 Å². The number of hydrogen-bond acceptors (Lipinski definition) is 3. The van der Waals surface area contributed by atoms with Crippen molar-refractivity contribution in [1.82, 2.24) is 9.78 Å². The molecule has 2 heterocycles. The maximum atomic E-state index is 11.0. The maximum absolute atomic E-state index is 11.0. The molecule has 0 aliphatic carbocycles. The van der Waals surface area contributed by atoms with E-state index < -0.39 is 5.97 Å². The van der Waals surface area contributed by atoms with Crippen molar-refractivity contribution in [2.75, 3.05) is 13.2 Å². The zero-order chi connectivity index (χ0) is 12.4. The van der Waals surface area contributed by atoms with Gasteiger partial charge in [-0.15, -0.1) is 0 Å². The number of carboxylic acids is 1. The Morgan fingerprint density at radius 3 is 2.76 bits per heavy atom. The van der Waals surface area contributed by atoms with Gasteiger partial charge in [-0.2, -0.15) is 5.10 Å². The van der Waals surface area contributed by atoms with Gasteiger partial charge in [0, 0.05) is 25.7 Å². The van der Waals surface area contributed by atoms with Gasteiger partial charge in [-0.05, 0) is 19.8 Å². The number of rotatable bonds is 3. The molecule has 2 rings (SSSR count). The zero-order valence-electron chi connectivity index (χ0n) is 9.65. The topological polar surface area (TPSA) is 64.4 Å². The number of carbonyl (C=O) groups is 1. The molecular formula is C11H15ClN2O3. The number of hydrogen-bond donors (Lipinski definition) is 1. The average molecular weight is 259 g/mol. The van der Waals surface area contributed by atoms with Gasteiger partial charge in [0.05, 0.1) is 10.7 Å². The van der Waals surface area contributed by atoms with Crippen molar-refractivity contribution in [3.8, 4) is 0 Å². The molecule has 1 fully saturated rings. The Hall–Kier alpha value is -1.07. The number of nitrogens with zero attached hydrogens (tertiary/aromatic N) is 2. The minimum atomic E-state index is -1.07. The highest BCUT2D eigenvalue weighted by Gasteiger charge is 2.27. The first-order valence-electron chi connectivity index (χ1n) is 5.72. The monoisotopic (exact) mass is 258 g/mol. The molecule has 17 heavy (non-hydrogen) atoms. The molecule has 1 aliphatic heterocycles. The molecule has 1 saturated heterocycles. The largest absolute Gasteiger partial charge is 0.476 e. The molecule has 0 unspecified atom stereocenters. The van der Waals surface area contributed by atoms with Gasteiger partial charge >= 0.3 is 5.97 Å². The van der Waals surface area contributed by atoms with Crippen LogP contribution in [0.15, 0.2) is 0 Å². The first-order chi connectivity index (χ1) is 8.15. The lowest BCUT2D eigenvalue weighted by atomic mass is 9.96. The van der Waals surface area contributed by atoms with E-state index >= 15 is 0 Å². The Morgan fingerprint density at radius 2 is 2.24 bits per heavy atom. The van der Waals surface area contributed by atoms with Gasteiger partial charge in [-0.25, -0.2) is 4.79 Å². The summed E-state index contributed by atoms with van der Waals surface area (Å²) in [7, 11) is 0. The van der Waals surface area contributed by atoms with E-state index in [0.717, 1.165) is 18.5 Å². The van der Waals surface area contributed by atoms with Crippen LogP contribution in [0, 0.1) is 0 Å². The number of ether oxygens (including phenoxy) is 1. The van der Waals surface area contributed by atoms with Gasteiger partial charge in [0.2, 0.25) is 0 Å². The van der Waals surface area contributed by atoms with Crippen LogP contribution in [0.3, 0.4) is 0 Å². The van der Waals surface area contributed by atoms with Crippen molar-refractivity contribution in [1.29, 1.82) is 0 Å². The summed E-state index contributed by atoms with van der Waals surface area (Å²) in [6.07, 6.45) is 1.73. The quantitative estimate of drug-likeness (QED) is 0.902. The smallest absolute Gasteiger partial charge is 0.357 e. The first-order valence-corrected chi connectivity index (χ1v) is 6.10. The van der Waals surface area contributed by atoms with E-state index in [4.69, 9.17) is 21.4 Å². The predicted octanol–water partition coefficient (Wildman–Crippen LogP) is 2.15. The second-order valence-corrected chi connectivity index (χ2v) is 4.43. The number of carboxylic acid groups (broad SMARTS) is 1. The van der Waals surface area contributed by atoms with Crippen LogP contribution in [-0.4, -0.2) is 34.1 Å². The molecule has 1 aromatic heterocycles. The van der Waals surface area contributed by atoms with E-state index in [1.165, 1.54) is 0 Å². The molecule has 0 amide bonds. The van der Waals surface area contributed by atoms with E-state index in [1.807, 2.05) is 6.92 Å². The van der Waals surface area contributed by atoms with Crippen LogP contribution in [0.4, 0.5) is 0 Å². The summed E-state index contributed by atoms with van der Waals surface area (Å²) in [6, 6.07) is 0. The Balaban J connectivity index is 2.39. The van der Waals surface area contributed by atoms with Crippen molar-refractivity contribution < 1.29 is 14.6 Å². The van der Waals surface area contributed by atoms with Crippen LogP contribution < -0.4 is 0 Å². The molecule has 0 spiro atoms. The van der Waals surface area contributed by atoms with Gasteiger partial charge in [0.15, 0.2) is 5.69 Å². The van der Waals surface area contributed by atoms with Gasteiger partial charge in [-0.3, -0.25) is 4.68 Å². The lowest BCUT2D eigenvalue weighted by molar-refractivity contribution is 0.0689. The third-order valence-corrected chi connectivity index (χ3v) is 3.41. The highest BCUT2D eigenvalue weighted by molar-refractivity contribution is 6.34. The molecule has 0 bridgehead atoms. The van der Waals surface area contributed by atoms with Gasteiger partial charge in [0.1, 0.15) is 0 Å². The van der Waals surface area contributed by atoms with Gasteiger partial charge in [-0.1, -0.05) is 11.6 Å². The van der Waals surface area contributed by atoms with Crippen molar-refractivity contribution in [3.63, 3.8) is 0 Å². The third kappa shape index (κ3) is 2.30. The van der Waals surface area contributed by atoms with Crippen LogP contribution in [0.5, 0.6) is 0 Å². The molecule has 0 aromatic carbocycles. The highest BCUT2D eigenvalue weighted by Crippen LogP contribution is 2.34. The third-order valence-electron chi connectivity index (χ3n) is 3.04. The number of aryl methyl sites for hydroxylation is 1.